The van der Waals surface area contributed by atoms with Crippen molar-refractivity contribution in [1.82, 2.24) is 10.2 Å². The molecule has 0 aliphatic carbocycles. The SMILES string of the molecule is Cc1cc(N2CCCC2)ccc1NC(=O)CN1C(=O)NC(C)(CC(C)C)C1=O. The predicted octanol–water partition coefficient (Wildman–Crippen LogP) is 2.89. The molecule has 7 heteroatoms. The maximum atomic E-state index is 12.7. The molecule has 2 aliphatic rings. The van der Waals surface area contributed by atoms with E-state index >= 15 is 0 Å². The van der Waals surface area contributed by atoms with Gasteiger partial charge in [-0.25, -0.2) is 4.79 Å². The average molecular weight is 386 g/mol. The zero-order chi connectivity index (χ0) is 20.5. The van der Waals surface area contributed by atoms with E-state index in [-0.39, 0.29) is 24.3 Å². The van der Waals surface area contributed by atoms with Gasteiger partial charge in [-0.05, 0) is 62.8 Å². The maximum absolute atomic E-state index is 12.7. The lowest BCUT2D eigenvalue weighted by Crippen LogP contribution is -2.45. The van der Waals surface area contributed by atoms with Crippen molar-refractivity contribution in [3.8, 4) is 0 Å². The molecule has 7 nitrogen and oxygen atoms in total. The zero-order valence-corrected chi connectivity index (χ0v) is 17.2. The van der Waals surface area contributed by atoms with Crippen LogP contribution in [-0.4, -0.2) is 47.9 Å². The number of amides is 4. The number of rotatable bonds is 6. The molecule has 1 aromatic rings. The van der Waals surface area contributed by atoms with Crippen LogP contribution in [0.1, 0.15) is 45.6 Å². The average Bonchev–Trinajstić information content (AvgIpc) is 3.20. The fourth-order valence-electron chi connectivity index (χ4n) is 4.14. The Kier molecular flexibility index (Phi) is 5.63. The molecule has 0 aromatic heterocycles. The molecular weight excluding hydrogens is 356 g/mol. The number of hydrogen-bond donors (Lipinski definition) is 2. The summed E-state index contributed by atoms with van der Waals surface area (Å²) in [5, 5.41) is 5.57. The first-order valence-corrected chi connectivity index (χ1v) is 9.99. The second-order valence-electron chi connectivity index (χ2n) is 8.49. The molecule has 1 aromatic carbocycles. The van der Waals surface area contributed by atoms with Gasteiger partial charge in [-0.15, -0.1) is 0 Å². The number of carbonyl (C=O) groups excluding carboxylic acids is 3. The zero-order valence-electron chi connectivity index (χ0n) is 17.2. The maximum Gasteiger partial charge on any atom is 0.325 e. The lowest BCUT2D eigenvalue weighted by Gasteiger charge is -2.23. The monoisotopic (exact) mass is 386 g/mol. The molecule has 0 spiro atoms. The Morgan fingerprint density at radius 1 is 1.25 bits per heavy atom. The van der Waals surface area contributed by atoms with Gasteiger partial charge in [-0.3, -0.25) is 14.5 Å². The quantitative estimate of drug-likeness (QED) is 0.737. The van der Waals surface area contributed by atoms with E-state index in [1.54, 1.807) is 6.92 Å². The van der Waals surface area contributed by atoms with E-state index in [1.807, 2.05) is 32.9 Å². The number of benzene rings is 1. The number of imide groups is 1. The van der Waals surface area contributed by atoms with Crippen LogP contribution in [0.5, 0.6) is 0 Å². The van der Waals surface area contributed by atoms with E-state index in [4.69, 9.17) is 0 Å². The van der Waals surface area contributed by atoms with Gasteiger partial charge in [0.1, 0.15) is 12.1 Å². The highest BCUT2D eigenvalue weighted by atomic mass is 16.2. The third-order valence-electron chi connectivity index (χ3n) is 5.42. The van der Waals surface area contributed by atoms with Crippen molar-refractivity contribution in [3.63, 3.8) is 0 Å². The van der Waals surface area contributed by atoms with Crippen molar-refractivity contribution in [2.24, 2.45) is 5.92 Å². The molecule has 2 heterocycles. The Morgan fingerprint density at radius 3 is 2.54 bits per heavy atom. The second kappa shape index (κ2) is 7.81. The van der Waals surface area contributed by atoms with E-state index in [0.29, 0.717) is 12.1 Å². The van der Waals surface area contributed by atoms with Crippen LogP contribution in [0.4, 0.5) is 16.2 Å². The highest BCUT2D eigenvalue weighted by Gasteiger charge is 2.48. The Labute approximate surface area is 166 Å². The van der Waals surface area contributed by atoms with Gasteiger partial charge in [0, 0.05) is 24.5 Å². The largest absolute Gasteiger partial charge is 0.372 e. The summed E-state index contributed by atoms with van der Waals surface area (Å²) >= 11 is 0. The molecule has 152 valence electrons. The fourth-order valence-corrected chi connectivity index (χ4v) is 4.14. The van der Waals surface area contributed by atoms with Crippen molar-refractivity contribution in [2.45, 2.75) is 52.5 Å². The van der Waals surface area contributed by atoms with E-state index in [0.717, 1.165) is 29.2 Å². The molecule has 2 aliphatic heterocycles. The lowest BCUT2D eigenvalue weighted by molar-refractivity contribution is -0.133. The minimum absolute atomic E-state index is 0.250. The van der Waals surface area contributed by atoms with Crippen LogP contribution in [0.2, 0.25) is 0 Å². The predicted molar refractivity (Wildman–Crippen MR) is 109 cm³/mol. The summed E-state index contributed by atoms with van der Waals surface area (Å²) in [4.78, 5) is 40.7. The van der Waals surface area contributed by atoms with Gasteiger partial charge in [0.15, 0.2) is 0 Å². The molecule has 3 rings (SSSR count). The molecule has 2 N–H and O–H groups in total. The van der Waals surface area contributed by atoms with Crippen molar-refractivity contribution >= 4 is 29.2 Å². The number of hydrogen-bond acceptors (Lipinski definition) is 4. The number of urea groups is 1. The van der Waals surface area contributed by atoms with Crippen LogP contribution in [0, 0.1) is 12.8 Å². The van der Waals surface area contributed by atoms with Gasteiger partial charge in [0.25, 0.3) is 5.91 Å². The molecule has 1 unspecified atom stereocenters. The van der Waals surface area contributed by atoms with Gasteiger partial charge in [-0.1, -0.05) is 13.8 Å². The van der Waals surface area contributed by atoms with Crippen LogP contribution < -0.4 is 15.5 Å². The van der Waals surface area contributed by atoms with Crippen LogP contribution in [0.15, 0.2) is 18.2 Å². The summed E-state index contributed by atoms with van der Waals surface area (Å²) in [6.07, 6.45) is 2.95. The molecule has 0 radical (unpaired) electrons. The van der Waals surface area contributed by atoms with Gasteiger partial charge in [0.2, 0.25) is 5.91 Å². The Balaban J connectivity index is 1.64. The van der Waals surface area contributed by atoms with Crippen LogP contribution in [0.3, 0.4) is 0 Å². The molecule has 2 fully saturated rings. The second-order valence-corrected chi connectivity index (χ2v) is 8.49. The van der Waals surface area contributed by atoms with Crippen molar-refractivity contribution in [1.29, 1.82) is 0 Å². The molecule has 28 heavy (non-hydrogen) atoms. The van der Waals surface area contributed by atoms with Gasteiger partial charge < -0.3 is 15.5 Å². The summed E-state index contributed by atoms with van der Waals surface area (Å²) < 4.78 is 0. The number of nitrogens with one attached hydrogen (secondary N) is 2. The third kappa shape index (κ3) is 4.13. The summed E-state index contributed by atoms with van der Waals surface area (Å²) in [7, 11) is 0. The lowest BCUT2D eigenvalue weighted by atomic mass is 9.91. The first-order valence-electron chi connectivity index (χ1n) is 9.99. The van der Waals surface area contributed by atoms with E-state index in [1.165, 1.54) is 12.8 Å². The first kappa shape index (κ1) is 20.2. The number of nitrogens with zero attached hydrogens (tertiary/aromatic N) is 2. The first-order chi connectivity index (χ1) is 13.2. The van der Waals surface area contributed by atoms with Crippen LogP contribution in [0.25, 0.3) is 0 Å². The summed E-state index contributed by atoms with van der Waals surface area (Å²) in [5.41, 5.74) is 1.87. The Morgan fingerprint density at radius 2 is 1.93 bits per heavy atom. The molecular formula is C21H30N4O3. The van der Waals surface area contributed by atoms with Gasteiger partial charge >= 0.3 is 6.03 Å². The summed E-state index contributed by atoms with van der Waals surface area (Å²) in [5.74, 6) is -0.475. The Bertz CT molecular complexity index is 786. The molecule has 4 amide bonds. The summed E-state index contributed by atoms with van der Waals surface area (Å²) in [6.45, 7) is 9.49. The Hall–Kier alpha value is -2.57. The molecule has 0 saturated carbocycles. The third-order valence-corrected chi connectivity index (χ3v) is 5.42. The highest BCUT2D eigenvalue weighted by Crippen LogP contribution is 2.27. The fraction of sp³-hybridized carbons (Fsp3) is 0.571. The van der Waals surface area contributed by atoms with Crippen molar-refractivity contribution in [2.75, 3.05) is 29.9 Å². The molecule has 2 saturated heterocycles. The molecule has 0 bridgehead atoms. The van der Waals surface area contributed by atoms with E-state index in [2.05, 4.69) is 21.6 Å². The topological polar surface area (TPSA) is 81.8 Å². The standard InChI is InChI=1S/C21H30N4O3/c1-14(2)12-21(4)19(27)25(20(28)23-21)13-18(26)22-17-8-7-16(11-15(17)3)24-9-5-6-10-24/h7-8,11,14H,5-6,9-10,12-13H2,1-4H3,(H,22,26)(H,23,28). The van der Waals surface area contributed by atoms with E-state index in [9.17, 15) is 14.4 Å². The van der Waals surface area contributed by atoms with Gasteiger partial charge in [0.05, 0.1) is 0 Å². The smallest absolute Gasteiger partial charge is 0.325 e. The van der Waals surface area contributed by atoms with Crippen molar-refractivity contribution < 1.29 is 14.4 Å². The normalized spacial score (nSPS) is 22.2. The minimum atomic E-state index is -0.946. The highest BCUT2D eigenvalue weighted by molar-refractivity contribution is 6.10. The number of anilines is 2. The van der Waals surface area contributed by atoms with Crippen LogP contribution >= 0.6 is 0 Å². The van der Waals surface area contributed by atoms with Gasteiger partial charge in [-0.2, -0.15) is 0 Å². The van der Waals surface area contributed by atoms with Crippen molar-refractivity contribution in [3.05, 3.63) is 23.8 Å². The van der Waals surface area contributed by atoms with E-state index < -0.39 is 11.6 Å². The summed E-state index contributed by atoms with van der Waals surface area (Å²) in [6, 6.07) is 5.44. The number of aryl methyl sites for hydroxylation is 1. The molecule has 1 atom stereocenters. The number of carbonyl (C=O) groups is 3. The minimum Gasteiger partial charge on any atom is -0.372 e. The van der Waals surface area contributed by atoms with Crippen LogP contribution in [-0.2, 0) is 9.59 Å².